The molecule has 0 bridgehead atoms. The number of carboxylic acids is 1. The van der Waals surface area contributed by atoms with Gasteiger partial charge in [-0.2, -0.15) is 18.3 Å². The summed E-state index contributed by atoms with van der Waals surface area (Å²) in [7, 11) is 0. The number of nitrogens with zero attached hydrogens (tertiary/aromatic N) is 2. The molecule has 0 radical (unpaired) electrons. The van der Waals surface area contributed by atoms with Crippen LogP contribution in [0.25, 0.3) is 0 Å². The SMILES string of the molecule is O=C(O)c1cn(C2CC2)nc1C(F)(F)F.[KH]. The van der Waals surface area contributed by atoms with E-state index >= 15 is 0 Å². The number of hydrogen-bond acceptors (Lipinski definition) is 2. The van der Waals surface area contributed by atoms with E-state index in [2.05, 4.69) is 5.10 Å². The van der Waals surface area contributed by atoms with E-state index < -0.39 is 23.4 Å². The Hall–Kier alpha value is 0.106. The molecule has 0 saturated heterocycles. The van der Waals surface area contributed by atoms with Crippen molar-refractivity contribution in [1.82, 2.24) is 9.78 Å². The number of aromatic carboxylic acids is 1. The molecule has 0 amide bonds. The average molecular weight is 260 g/mol. The second kappa shape index (κ2) is 4.77. The van der Waals surface area contributed by atoms with Crippen molar-refractivity contribution >= 4 is 57.4 Å². The number of alkyl halides is 3. The van der Waals surface area contributed by atoms with Crippen LogP contribution in [0, 0.1) is 0 Å². The monoisotopic (exact) mass is 260 g/mol. The molecule has 4 nitrogen and oxygen atoms in total. The third-order valence-electron chi connectivity index (χ3n) is 2.15. The van der Waals surface area contributed by atoms with Crippen molar-refractivity contribution in [2.45, 2.75) is 25.1 Å². The van der Waals surface area contributed by atoms with Crippen molar-refractivity contribution in [3.63, 3.8) is 0 Å². The average Bonchev–Trinajstić information content (AvgIpc) is 2.81. The summed E-state index contributed by atoms with van der Waals surface area (Å²) < 4.78 is 38.2. The van der Waals surface area contributed by atoms with E-state index in [1.807, 2.05) is 0 Å². The zero-order valence-electron chi connectivity index (χ0n) is 7.45. The topological polar surface area (TPSA) is 55.1 Å². The molecular weight excluding hydrogens is 252 g/mol. The summed E-state index contributed by atoms with van der Waals surface area (Å²) in [6, 6.07) is -0.0702. The van der Waals surface area contributed by atoms with Gasteiger partial charge in [-0.3, -0.25) is 4.68 Å². The fourth-order valence-electron chi connectivity index (χ4n) is 1.28. The first-order chi connectivity index (χ1) is 6.89. The third kappa shape index (κ3) is 2.86. The van der Waals surface area contributed by atoms with Crippen LogP contribution in [-0.2, 0) is 6.18 Å². The van der Waals surface area contributed by atoms with E-state index in [0.29, 0.717) is 0 Å². The number of rotatable bonds is 2. The molecule has 1 aromatic rings. The van der Waals surface area contributed by atoms with E-state index in [4.69, 9.17) is 5.11 Å². The van der Waals surface area contributed by atoms with Gasteiger partial charge >= 0.3 is 63.5 Å². The van der Waals surface area contributed by atoms with Gasteiger partial charge in [-0.25, -0.2) is 4.79 Å². The summed E-state index contributed by atoms with van der Waals surface area (Å²) >= 11 is 0. The molecule has 16 heavy (non-hydrogen) atoms. The molecule has 0 spiro atoms. The summed E-state index contributed by atoms with van der Waals surface area (Å²) in [5.41, 5.74) is -2.10. The van der Waals surface area contributed by atoms with Crippen molar-refractivity contribution < 1.29 is 23.1 Å². The second-order valence-electron chi connectivity index (χ2n) is 3.41. The number of aromatic nitrogens is 2. The number of halogens is 3. The van der Waals surface area contributed by atoms with E-state index in [9.17, 15) is 18.0 Å². The summed E-state index contributed by atoms with van der Waals surface area (Å²) in [6.45, 7) is 0. The van der Waals surface area contributed by atoms with Crippen LogP contribution < -0.4 is 0 Å². The molecule has 1 aromatic heterocycles. The Kier molecular flexibility index (Phi) is 4.22. The second-order valence-corrected chi connectivity index (χ2v) is 3.41. The minimum atomic E-state index is -4.71. The van der Waals surface area contributed by atoms with Crippen LogP contribution in [0.1, 0.15) is 34.9 Å². The van der Waals surface area contributed by atoms with Crippen molar-refractivity contribution in [2.75, 3.05) is 0 Å². The molecule has 0 atom stereocenters. The molecule has 0 aliphatic heterocycles. The standard InChI is InChI=1S/C8H7F3N2O2.K.H/c9-8(10,11)6-5(7(14)15)3-13(12-6)4-1-2-4;;/h3-4H,1-2H2,(H,14,15);;. The first kappa shape index (κ1) is 14.2. The van der Waals surface area contributed by atoms with Crippen molar-refractivity contribution in [1.29, 1.82) is 0 Å². The van der Waals surface area contributed by atoms with Crippen LogP contribution in [0.2, 0.25) is 0 Å². The fourth-order valence-corrected chi connectivity index (χ4v) is 1.28. The van der Waals surface area contributed by atoms with Gasteiger partial charge < -0.3 is 5.11 Å². The van der Waals surface area contributed by atoms with Gasteiger partial charge in [-0.05, 0) is 12.8 Å². The number of carboxylic acid groups (broad SMARTS) is 1. The molecule has 2 rings (SSSR count). The summed E-state index contributed by atoms with van der Waals surface area (Å²) in [5, 5.41) is 11.9. The van der Waals surface area contributed by atoms with Gasteiger partial charge in [0.25, 0.3) is 0 Å². The Morgan fingerprint density at radius 3 is 2.38 bits per heavy atom. The first-order valence-corrected chi connectivity index (χ1v) is 4.29. The minimum absolute atomic E-state index is 0. The maximum absolute atomic E-state index is 12.4. The predicted octanol–water partition coefficient (Wildman–Crippen LogP) is 1.29. The van der Waals surface area contributed by atoms with Crippen LogP contribution in [-0.4, -0.2) is 72.2 Å². The van der Waals surface area contributed by atoms with Gasteiger partial charge in [0.2, 0.25) is 0 Å². The zero-order chi connectivity index (χ0) is 11.2. The van der Waals surface area contributed by atoms with E-state index in [-0.39, 0.29) is 57.4 Å². The van der Waals surface area contributed by atoms with Crippen molar-refractivity contribution in [3.8, 4) is 0 Å². The molecule has 1 heterocycles. The molecule has 1 saturated carbocycles. The quantitative estimate of drug-likeness (QED) is 0.815. The van der Waals surface area contributed by atoms with Crippen LogP contribution in [0.15, 0.2) is 6.20 Å². The predicted molar refractivity (Wildman–Crippen MR) is 49.6 cm³/mol. The molecule has 1 aliphatic carbocycles. The summed E-state index contributed by atoms with van der Waals surface area (Å²) in [4.78, 5) is 10.6. The maximum atomic E-state index is 12.4. The van der Waals surface area contributed by atoms with Gasteiger partial charge in [0.1, 0.15) is 5.56 Å². The van der Waals surface area contributed by atoms with E-state index in [0.717, 1.165) is 23.7 Å². The van der Waals surface area contributed by atoms with Crippen LogP contribution in [0.3, 0.4) is 0 Å². The Bertz CT molecular complexity index is 412. The molecular formula is C8H8F3KN2O2. The number of carbonyl (C=O) groups is 1. The Morgan fingerprint density at radius 2 is 2.06 bits per heavy atom. The Balaban J connectivity index is 0.00000128. The first-order valence-electron chi connectivity index (χ1n) is 4.29. The van der Waals surface area contributed by atoms with Crippen molar-refractivity contribution in [3.05, 3.63) is 17.5 Å². The van der Waals surface area contributed by atoms with E-state index in [1.54, 1.807) is 0 Å². The van der Waals surface area contributed by atoms with Crippen LogP contribution >= 0.6 is 0 Å². The molecule has 1 aliphatic rings. The number of hydrogen-bond donors (Lipinski definition) is 1. The Labute approximate surface area is 131 Å². The third-order valence-corrected chi connectivity index (χ3v) is 2.15. The van der Waals surface area contributed by atoms with E-state index in [1.165, 1.54) is 0 Å². The molecule has 84 valence electrons. The molecule has 1 fully saturated rings. The van der Waals surface area contributed by atoms with Gasteiger partial charge in [-0.1, -0.05) is 0 Å². The molecule has 0 aromatic carbocycles. The van der Waals surface area contributed by atoms with Gasteiger partial charge in [0, 0.05) is 6.20 Å². The fraction of sp³-hybridized carbons (Fsp3) is 0.500. The molecule has 1 N–H and O–H groups in total. The molecule has 0 unspecified atom stereocenters. The van der Waals surface area contributed by atoms with Crippen LogP contribution in [0.4, 0.5) is 13.2 Å². The zero-order valence-corrected chi connectivity index (χ0v) is 7.45. The van der Waals surface area contributed by atoms with Gasteiger partial charge in [0.15, 0.2) is 5.69 Å². The van der Waals surface area contributed by atoms with Crippen molar-refractivity contribution in [2.24, 2.45) is 0 Å². The summed E-state index contributed by atoms with van der Waals surface area (Å²) in [6.07, 6.45) is -2.27. The Morgan fingerprint density at radius 1 is 1.50 bits per heavy atom. The summed E-state index contributed by atoms with van der Waals surface area (Å²) in [5.74, 6) is -1.60. The van der Waals surface area contributed by atoms with Gasteiger partial charge in [0.05, 0.1) is 6.04 Å². The van der Waals surface area contributed by atoms with Crippen LogP contribution in [0.5, 0.6) is 0 Å². The normalized spacial score (nSPS) is 15.7. The molecule has 8 heteroatoms. The van der Waals surface area contributed by atoms with Gasteiger partial charge in [-0.15, -0.1) is 0 Å².